The summed E-state index contributed by atoms with van der Waals surface area (Å²) in [6, 6.07) is 17.3. The molecule has 0 saturated carbocycles. The van der Waals surface area contributed by atoms with E-state index in [1.807, 2.05) is 36.4 Å². The number of hydrogen-bond donors (Lipinski definition) is 3. The van der Waals surface area contributed by atoms with Crippen LogP contribution in [0.4, 0.5) is 10.1 Å². The van der Waals surface area contributed by atoms with Crippen LogP contribution >= 0.6 is 12.2 Å². The van der Waals surface area contributed by atoms with Gasteiger partial charge in [0, 0.05) is 12.1 Å². The molecule has 0 aliphatic rings. The zero-order valence-corrected chi connectivity index (χ0v) is 15.3. The molecule has 1 unspecified atom stereocenters. The van der Waals surface area contributed by atoms with Gasteiger partial charge in [0.15, 0.2) is 5.11 Å². The van der Waals surface area contributed by atoms with E-state index in [2.05, 4.69) is 16.0 Å². The molecule has 0 fully saturated rings. The van der Waals surface area contributed by atoms with E-state index in [1.54, 1.807) is 24.3 Å². The second kappa shape index (κ2) is 10.7. The van der Waals surface area contributed by atoms with Gasteiger partial charge >= 0.3 is 0 Å². The van der Waals surface area contributed by atoms with Crippen LogP contribution in [0.1, 0.15) is 5.56 Å². The Labute approximate surface area is 162 Å². The van der Waals surface area contributed by atoms with Crippen molar-refractivity contribution >= 4 is 28.9 Å². The summed E-state index contributed by atoms with van der Waals surface area (Å²) in [5, 5.41) is 17.4. The number of benzene rings is 2. The van der Waals surface area contributed by atoms with Crippen molar-refractivity contribution in [3.8, 4) is 11.8 Å². The Bertz CT molecular complexity index is 794. The molecule has 3 N–H and O–H groups in total. The lowest BCUT2D eigenvalue weighted by Crippen LogP contribution is -2.49. The van der Waals surface area contributed by atoms with Gasteiger partial charge in [0.2, 0.25) is 12.8 Å². The van der Waals surface area contributed by atoms with Gasteiger partial charge in [-0.2, -0.15) is 5.26 Å². The minimum Gasteiger partial charge on any atom is -0.463 e. The third kappa shape index (κ3) is 6.92. The highest BCUT2D eigenvalue weighted by atomic mass is 32.1. The smallest absolute Gasteiger partial charge is 0.243 e. The average molecular weight is 386 g/mol. The van der Waals surface area contributed by atoms with Gasteiger partial charge in [-0.05, 0) is 42.0 Å². The molecule has 140 valence electrons. The SMILES string of the molecule is N#CCNC(=O)C(Cc1ccccc1)NC(=S)Nc1ccc(OCF)cc1. The lowest BCUT2D eigenvalue weighted by Gasteiger charge is -2.20. The zero-order chi connectivity index (χ0) is 19.5. The van der Waals surface area contributed by atoms with E-state index >= 15 is 0 Å². The number of alkyl halides is 1. The largest absolute Gasteiger partial charge is 0.463 e. The Morgan fingerprint density at radius 1 is 1.19 bits per heavy atom. The quantitative estimate of drug-likeness (QED) is 0.477. The summed E-state index contributed by atoms with van der Waals surface area (Å²) in [6.07, 6.45) is 0.406. The first kappa shape index (κ1) is 20.1. The number of hydrogen-bond acceptors (Lipinski definition) is 4. The predicted octanol–water partition coefficient (Wildman–Crippen LogP) is 2.53. The number of nitriles is 1. The first-order valence-electron chi connectivity index (χ1n) is 8.17. The molecule has 0 heterocycles. The van der Waals surface area contributed by atoms with Gasteiger partial charge in [-0.15, -0.1) is 0 Å². The van der Waals surface area contributed by atoms with Crippen LogP contribution in [-0.4, -0.2) is 30.5 Å². The van der Waals surface area contributed by atoms with Crippen molar-refractivity contribution in [3.05, 3.63) is 60.2 Å². The Morgan fingerprint density at radius 2 is 1.89 bits per heavy atom. The molecule has 0 saturated heterocycles. The van der Waals surface area contributed by atoms with Crippen molar-refractivity contribution in [1.82, 2.24) is 10.6 Å². The number of nitrogens with one attached hydrogen (secondary N) is 3. The molecule has 2 aromatic carbocycles. The second-order valence-corrected chi connectivity index (χ2v) is 5.90. The molecule has 0 aliphatic carbocycles. The molecule has 2 aromatic rings. The van der Waals surface area contributed by atoms with Crippen LogP contribution in [0, 0.1) is 11.3 Å². The first-order chi connectivity index (χ1) is 13.1. The lowest BCUT2D eigenvalue weighted by atomic mass is 10.1. The number of carbonyl (C=O) groups excluding carboxylic acids is 1. The third-order valence-corrected chi connectivity index (χ3v) is 3.80. The number of thiocarbonyl (C=S) groups is 1. The monoisotopic (exact) mass is 386 g/mol. The van der Waals surface area contributed by atoms with Gasteiger partial charge in [-0.1, -0.05) is 30.3 Å². The zero-order valence-electron chi connectivity index (χ0n) is 14.4. The Kier molecular flexibility index (Phi) is 8.00. The van der Waals surface area contributed by atoms with Crippen molar-refractivity contribution in [3.63, 3.8) is 0 Å². The van der Waals surface area contributed by atoms with Crippen LogP contribution in [0.3, 0.4) is 0 Å². The maximum atomic E-state index is 12.3. The van der Waals surface area contributed by atoms with Gasteiger partial charge in [0.05, 0.1) is 6.07 Å². The summed E-state index contributed by atoms with van der Waals surface area (Å²) in [6.45, 7) is -0.978. The fourth-order valence-corrected chi connectivity index (χ4v) is 2.59. The third-order valence-electron chi connectivity index (χ3n) is 3.58. The fraction of sp³-hybridized carbons (Fsp3) is 0.211. The molecule has 27 heavy (non-hydrogen) atoms. The van der Waals surface area contributed by atoms with E-state index in [0.29, 0.717) is 17.9 Å². The van der Waals surface area contributed by atoms with Gasteiger partial charge < -0.3 is 20.7 Å². The number of carbonyl (C=O) groups is 1. The number of ether oxygens (including phenoxy) is 1. The lowest BCUT2D eigenvalue weighted by molar-refractivity contribution is -0.122. The van der Waals surface area contributed by atoms with Crippen LogP contribution in [0.2, 0.25) is 0 Å². The second-order valence-electron chi connectivity index (χ2n) is 5.49. The van der Waals surface area contributed by atoms with Crippen molar-refractivity contribution in [2.24, 2.45) is 0 Å². The van der Waals surface area contributed by atoms with Gasteiger partial charge in [-0.25, -0.2) is 4.39 Å². The maximum absolute atomic E-state index is 12.3. The number of amides is 1. The molecule has 0 aliphatic heterocycles. The average Bonchev–Trinajstić information content (AvgIpc) is 2.68. The molecule has 0 spiro atoms. The number of rotatable bonds is 8. The molecule has 1 amide bonds. The van der Waals surface area contributed by atoms with E-state index < -0.39 is 12.9 Å². The Morgan fingerprint density at radius 3 is 2.52 bits per heavy atom. The van der Waals surface area contributed by atoms with Crippen molar-refractivity contribution < 1.29 is 13.9 Å². The van der Waals surface area contributed by atoms with Crippen molar-refractivity contribution in [1.29, 1.82) is 5.26 Å². The summed E-state index contributed by atoms with van der Waals surface area (Å²) < 4.78 is 16.9. The minimum atomic E-state index is -0.897. The summed E-state index contributed by atoms with van der Waals surface area (Å²) in [7, 11) is 0. The molecule has 8 heteroatoms. The highest BCUT2D eigenvalue weighted by Crippen LogP contribution is 2.15. The molecule has 0 radical (unpaired) electrons. The first-order valence-corrected chi connectivity index (χ1v) is 8.58. The number of anilines is 1. The number of halogens is 1. The molecule has 2 rings (SSSR count). The molecular weight excluding hydrogens is 367 g/mol. The van der Waals surface area contributed by atoms with E-state index in [4.69, 9.17) is 22.2 Å². The van der Waals surface area contributed by atoms with Gasteiger partial charge in [0.25, 0.3) is 0 Å². The maximum Gasteiger partial charge on any atom is 0.243 e. The normalized spacial score (nSPS) is 11.0. The van der Waals surface area contributed by atoms with Gasteiger partial charge in [0.1, 0.15) is 18.3 Å². The van der Waals surface area contributed by atoms with Crippen LogP contribution in [0.5, 0.6) is 5.75 Å². The minimum absolute atomic E-state index is 0.0813. The summed E-state index contributed by atoms with van der Waals surface area (Å²) >= 11 is 5.29. The van der Waals surface area contributed by atoms with Crippen LogP contribution in [0.15, 0.2) is 54.6 Å². The van der Waals surface area contributed by atoms with E-state index in [1.165, 1.54) is 0 Å². The highest BCUT2D eigenvalue weighted by molar-refractivity contribution is 7.80. The summed E-state index contributed by atoms with van der Waals surface area (Å²) in [5.41, 5.74) is 1.62. The van der Waals surface area contributed by atoms with Crippen LogP contribution < -0.4 is 20.7 Å². The highest BCUT2D eigenvalue weighted by Gasteiger charge is 2.19. The molecule has 1 atom stereocenters. The Hall–Kier alpha value is -3.18. The van der Waals surface area contributed by atoms with E-state index in [0.717, 1.165) is 5.56 Å². The molecule has 6 nitrogen and oxygen atoms in total. The summed E-state index contributed by atoms with van der Waals surface area (Å²) in [5.74, 6) is 0.0796. The standard InChI is InChI=1S/C19H19FN4O2S/c20-13-26-16-8-6-15(7-9-16)23-19(27)24-17(18(25)22-11-10-21)12-14-4-2-1-3-5-14/h1-9,17H,11-13H2,(H,22,25)(H2,23,24,27). The van der Waals surface area contributed by atoms with E-state index in [9.17, 15) is 9.18 Å². The van der Waals surface area contributed by atoms with Crippen molar-refractivity contribution in [2.45, 2.75) is 12.5 Å². The van der Waals surface area contributed by atoms with Crippen LogP contribution in [-0.2, 0) is 11.2 Å². The van der Waals surface area contributed by atoms with E-state index in [-0.39, 0.29) is 17.6 Å². The summed E-state index contributed by atoms with van der Waals surface area (Å²) in [4.78, 5) is 12.3. The topological polar surface area (TPSA) is 86.2 Å². The van der Waals surface area contributed by atoms with Crippen LogP contribution in [0.25, 0.3) is 0 Å². The molecule has 0 aromatic heterocycles. The van der Waals surface area contributed by atoms with Crippen molar-refractivity contribution in [2.75, 3.05) is 18.7 Å². The fourth-order valence-electron chi connectivity index (χ4n) is 2.33. The Balaban J connectivity index is 2.00. The predicted molar refractivity (Wildman–Crippen MR) is 105 cm³/mol. The number of nitrogens with zero attached hydrogens (tertiary/aromatic N) is 1. The molecule has 0 bridgehead atoms. The van der Waals surface area contributed by atoms with Gasteiger partial charge in [-0.3, -0.25) is 4.79 Å². The molecular formula is C19H19FN4O2S.